The molecule has 0 rings (SSSR count). The van der Waals surface area contributed by atoms with Crippen LogP contribution in [0.4, 0.5) is 0 Å². The molecule has 0 bridgehead atoms. The van der Waals surface area contributed by atoms with Gasteiger partial charge in [-0.2, -0.15) is 0 Å². The zero-order valence-electron chi connectivity index (χ0n) is 42.7. The summed E-state index contributed by atoms with van der Waals surface area (Å²) < 4.78 is 11.4. The van der Waals surface area contributed by atoms with Crippen LogP contribution >= 0.6 is 0 Å². The number of ketones is 1. The van der Waals surface area contributed by atoms with Crippen molar-refractivity contribution >= 4 is 17.7 Å². The zero-order valence-corrected chi connectivity index (χ0v) is 42.7. The molecule has 0 aromatic heterocycles. The SMILES string of the molecule is CCCCCCCC/C=C\CCCCCCCC(=O)C[C@H](COC(=O)CCCCCCC/C=C\CCCCCCCC)COC(=O)CCCCCCCCCCCCCCCCC. The summed E-state index contributed by atoms with van der Waals surface area (Å²) in [5, 5.41) is 0. The standard InChI is InChI=1S/C58H108O5/c1-4-7-10-13-16-19-22-25-28-31-34-37-40-43-46-49-56(59)52-55(53-62-57(60)50-47-44-41-38-35-32-29-26-23-20-17-14-11-8-5-2)54-63-58(61)51-48-45-42-39-36-33-30-27-24-21-18-15-12-9-6-3/h25-26,28-29,55H,4-24,27,30-54H2,1-3H3/b28-25-,29-26-/t55-/m1/s1. The molecule has 370 valence electrons. The number of hydrogen-bond acceptors (Lipinski definition) is 5. The highest BCUT2D eigenvalue weighted by Gasteiger charge is 2.19. The summed E-state index contributed by atoms with van der Waals surface area (Å²) in [6.45, 7) is 7.11. The fourth-order valence-electron chi connectivity index (χ4n) is 8.53. The van der Waals surface area contributed by atoms with Crippen LogP contribution < -0.4 is 0 Å². The topological polar surface area (TPSA) is 69.7 Å². The maximum Gasteiger partial charge on any atom is 0.305 e. The van der Waals surface area contributed by atoms with Gasteiger partial charge in [-0.05, 0) is 70.6 Å². The molecule has 0 aromatic carbocycles. The summed E-state index contributed by atoms with van der Waals surface area (Å²) in [5.74, 6) is -0.487. The molecule has 0 fully saturated rings. The third kappa shape index (κ3) is 50.9. The smallest absolute Gasteiger partial charge is 0.305 e. The van der Waals surface area contributed by atoms with Gasteiger partial charge in [0.25, 0.3) is 0 Å². The number of carbonyl (C=O) groups is 3. The lowest BCUT2D eigenvalue weighted by molar-refractivity contribution is -0.150. The number of carbonyl (C=O) groups excluding carboxylic acids is 3. The summed E-state index contributed by atoms with van der Waals surface area (Å²) in [4.78, 5) is 38.4. The van der Waals surface area contributed by atoms with Crippen LogP contribution in [0.3, 0.4) is 0 Å². The van der Waals surface area contributed by atoms with Gasteiger partial charge in [0, 0.05) is 31.6 Å². The Bertz CT molecular complexity index is 1020. The van der Waals surface area contributed by atoms with Crippen molar-refractivity contribution < 1.29 is 23.9 Å². The van der Waals surface area contributed by atoms with Crippen LogP contribution in [0.25, 0.3) is 0 Å². The lowest BCUT2D eigenvalue weighted by atomic mass is 10.00. The van der Waals surface area contributed by atoms with Crippen molar-refractivity contribution in [3.05, 3.63) is 24.3 Å². The van der Waals surface area contributed by atoms with E-state index in [-0.39, 0.29) is 36.9 Å². The first-order valence-electron chi connectivity index (χ1n) is 28.2. The van der Waals surface area contributed by atoms with E-state index in [1.807, 2.05) is 0 Å². The van der Waals surface area contributed by atoms with E-state index in [0.29, 0.717) is 25.7 Å². The Morgan fingerprint density at radius 3 is 0.841 bits per heavy atom. The largest absolute Gasteiger partial charge is 0.465 e. The lowest BCUT2D eigenvalue weighted by Crippen LogP contribution is -2.23. The molecule has 0 aromatic rings. The van der Waals surface area contributed by atoms with Crippen LogP contribution in [0.15, 0.2) is 24.3 Å². The Hall–Kier alpha value is -1.91. The normalized spacial score (nSPS) is 12.2. The predicted octanol–water partition coefficient (Wildman–Crippen LogP) is 19.0. The zero-order chi connectivity index (χ0) is 45.8. The van der Waals surface area contributed by atoms with Crippen LogP contribution in [0.5, 0.6) is 0 Å². The van der Waals surface area contributed by atoms with Gasteiger partial charge >= 0.3 is 11.9 Å². The molecule has 0 unspecified atom stereocenters. The first kappa shape index (κ1) is 61.1. The number of rotatable bonds is 52. The van der Waals surface area contributed by atoms with Crippen LogP contribution in [-0.2, 0) is 23.9 Å². The van der Waals surface area contributed by atoms with Crippen molar-refractivity contribution in [3.8, 4) is 0 Å². The highest BCUT2D eigenvalue weighted by molar-refractivity contribution is 5.78. The molecule has 5 heteroatoms. The van der Waals surface area contributed by atoms with Crippen molar-refractivity contribution in [2.75, 3.05) is 13.2 Å². The number of hydrogen-bond donors (Lipinski definition) is 0. The van der Waals surface area contributed by atoms with E-state index in [1.165, 1.54) is 199 Å². The van der Waals surface area contributed by atoms with Crippen LogP contribution in [0.1, 0.15) is 310 Å². The van der Waals surface area contributed by atoms with E-state index in [0.717, 1.165) is 64.2 Å². The van der Waals surface area contributed by atoms with Gasteiger partial charge in [-0.1, -0.05) is 238 Å². The fourth-order valence-corrected chi connectivity index (χ4v) is 8.53. The Morgan fingerprint density at radius 2 is 0.556 bits per heavy atom. The molecule has 0 N–H and O–H groups in total. The third-order valence-electron chi connectivity index (χ3n) is 12.8. The second kappa shape index (κ2) is 52.7. The summed E-state index contributed by atoms with van der Waals surface area (Å²) >= 11 is 0. The second-order valence-electron chi connectivity index (χ2n) is 19.3. The number of ether oxygens (including phenoxy) is 2. The van der Waals surface area contributed by atoms with E-state index in [9.17, 15) is 14.4 Å². The number of esters is 2. The molecule has 0 amide bonds. The molecular formula is C58H108O5. The van der Waals surface area contributed by atoms with Crippen molar-refractivity contribution in [2.24, 2.45) is 5.92 Å². The van der Waals surface area contributed by atoms with Gasteiger partial charge in [-0.15, -0.1) is 0 Å². The maximum atomic E-state index is 13.0. The minimum atomic E-state index is -0.274. The molecule has 0 spiro atoms. The Kier molecular flexibility index (Phi) is 51.1. The number of allylic oxidation sites excluding steroid dienone is 4. The van der Waals surface area contributed by atoms with E-state index in [2.05, 4.69) is 45.1 Å². The highest BCUT2D eigenvalue weighted by Crippen LogP contribution is 2.17. The highest BCUT2D eigenvalue weighted by atomic mass is 16.5. The van der Waals surface area contributed by atoms with Gasteiger partial charge in [0.05, 0.1) is 13.2 Å². The van der Waals surface area contributed by atoms with Crippen molar-refractivity contribution in [1.29, 1.82) is 0 Å². The molecule has 1 atom stereocenters. The van der Waals surface area contributed by atoms with Crippen LogP contribution in [0, 0.1) is 5.92 Å². The Labute approximate surface area is 393 Å². The molecule has 0 saturated carbocycles. The Morgan fingerprint density at radius 1 is 0.317 bits per heavy atom. The minimum Gasteiger partial charge on any atom is -0.465 e. The van der Waals surface area contributed by atoms with Crippen molar-refractivity contribution in [3.63, 3.8) is 0 Å². The monoisotopic (exact) mass is 885 g/mol. The lowest BCUT2D eigenvalue weighted by Gasteiger charge is -2.17. The quantitative estimate of drug-likeness (QED) is 0.0346. The van der Waals surface area contributed by atoms with Gasteiger partial charge < -0.3 is 9.47 Å². The number of Topliss-reactive ketones (excluding diaryl/α,β-unsaturated/α-hetero) is 1. The molecule has 0 radical (unpaired) electrons. The van der Waals surface area contributed by atoms with E-state index < -0.39 is 0 Å². The summed E-state index contributed by atoms with van der Waals surface area (Å²) in [7, 11) is 0. The van der Waals surface area contributed by atoms with Gasteiger partial charge in [0.1, 0.15) is 5.78 Å². The maximum absolute atomic E-state index is 13.0. The summed E-state index contributed by atoms with van der Waals surface area (Å²) in [6.07, 6.45) is 62.4. The van der Waals surface area contributed by atoms with Gasteiger partial charge in [0.2, 0.25) is 0 Å². The first-order chi connectivity index (χ1) is 31.0. The number of unbranched alkanes of at least 4 members (excludes halogenated alkanes) is 36. The van der Waals surface area contributed by atoms with Gasteiger partial charge in [-0.25, -0.2) is 0 Å². The van der Waals surface area contributed by atoms with E-state index in [4.69, 9.17) is 9.47 Å². The van der Waals surface area contributed by atoms with E-state index >= 15 is 0 Å². The first-order valence-corrected chi connectivity index (χ1v) is 28.2. The van der Waals surface area contributed by atoms with Gasteiger partial charge in [-0.3, -0.25) is 14.4 Å². The average molecular weight is 885 g/mol. The predicted molar refractivity (Wildman–Crippen MR) is 273 cm³/mol. The van der Waals surface area contributed by atoms with Gasteiger partial charge in [0.15, 0.2) is 0 Å². The summed E-state index contributed by atoms with van der Waals surface area (Å²) in [5.41, 5.74) is 0. The summed E-state index contributed by atoms with van der Waals surface area (Å²) in [6, 6.07) is 0. The van der Waals surface area contributed by atoms with Crippen LogP contribution in [-0.4, -0.2) is 30.9 Å². The minimum absolute atomic E-state index is 0.147. The average Bonchev–Trinajstić information content (AvgIpc) is 3.28. The van der Waals surface area contributed by atoms with E-state index in [1.54, 1.807) is 0 Å². The van der Waals surface area contributed by atoms with Crippen molar-refractivity contribution in [1.82, 2.24) is 0 Å². The fraction of sp³-hybridized carbons (Fsp3) is 0.879. The third-order valence-corrected chi connectivity index (χ3v) is 12.8. The second-order valence-corrected chi connectivity index (χ2v) is 19.3. The molecule has 0 aliphatic rings. The molecule has 5 nitrogen and oxygen atoms in total. The molecule has 0 aliphatic carbocycles. The molecule has 0 heterocycles. The van der Waals surface area contributed by atoms with Crippen molar-refractivity contribution in [2.45, 2.75) is 310 Å². The molecule has 0 saturated heterocycles. The van der Waals surface area contributed by atoms with Crippen LogP contribution in [0.2, 0.25) is 0 Å². The molecule has 0 aliphatic heterocycles. The molecule has 63 heavy (non-hydrogen) atoms. The molecular weight excluding hydrogens is 777 g/mol. The Balaban J connectivity index is 4.36.